The van der Waals surface area contributed by atoms with Crippen LogP contribution in [0.2, 0.25) is 0 Å². The number of carbonyl (C=O) groups excluding carboxylic acids is 1. The molecule has 134 valence electrons. The summed E-state index contributed by atoms with van der Waals surface area (Å²) in [7, 11) is -5.87. The van der Waals surface area contributed by atoms with Crippen molar-refractivity contribution in [2.24, 2.45) is 0 Å². The number of nitrogens with zero attached hydrogens (tertiary/aromatic N) is 1. The number of hydrogen-bond acceptors (Lipinski definition) is 5. The summed E-state index contributed by atoms with van der Waals surface area (Å²) in [6.07, 6.45) is 2.55. The van der Waals surface area contributed by atoms with E-state index in [1.807, 2.05) is 0 Å². The van der Waals surface area contributed by atoms with E-state index in [1.165, 1.54) is 37.4 Å². The number of benzene rings is 1. The fourth-order valence-electron chi connectivity index (χ4n) is 1.66. The van der Waals surface area contributed by atoms with Crippen LogP contribution in [0.4, 0.5) is 0 Å². The highest BCUT2D eigenvalue weighted by Gasteiger charge is 2.17. The molecule has 0 spiro atoms. The molecule has 0 aromatic heterocycles. The average molecular weight is 375 g/mol. The third-order valence-electron chi connectivity index (χ3n) is 3.10. The van der Waals surface area contributed by atoms with Gasteiger partial charge in [0.2, 0.25) is 20.0 Å². The van der Waals surface area contributed by atoms with Crippen molar-refractivity contribution in [3.8, 4) is 0 Å². The van der Waals surface area contributed by atoms with E-state index in [2.05, 4.69) is 16.6 Å². The van der Waals surface area contributed by atoms with Crippen LogP contribution in [-0.4, -0.2) is 60.0 Å². The fourth-order valence-corrected chi connectivity index (χ4v) is 3.15. The first kappa shape index (κ1) is 20.3. The number of likely N-dealkylation sites (N-methyl/N-ethyl adjacent to an activating group) is 1. The van der Waals surface area contributed by atoms with Crippen LogP contribution in [0.1, 0.15) is 10.4 Å². The summed E-state index contributed by atoms with van der Waals surface area (Å²) in [5.41, 5.74) is 0.202. The van der Waals surface area contributed by atoms with Gasteiger partial charge >= 0.3 is 0 Å². The molecule has 1 aromatic rings. The highest BCUT2D eigenvalue weighted by Crippen LogP contribution is 2.11. The molecule has 0 fully saturated rings. The highest BCUT2D eigenvalue weighted by atomic mass is 32.2. The van der Waals surface area contributed by atoms with Gasteiger partial charge in [0.05, 0.1) is 11.2 Å². The average Bonchev–Trinajstić information content (AvgIpc) is 2.51. The normalized spacial score (nSPS) is 12.1. The predicted octanol–water partition coefficient (Wildman–Crippen LogP) is -0.228. The molecule has 0 saturated carbocycles. The van der Waals surface area contributed by atoms with Gasteiger partial charge in [0.1, 0.15) is 0 Å². The van der Waals surface area contributed by atoms with Gasteiger partial charge in [-0.2, -0.15) is 0 Å². The largest absolute Gasteiger partial charge is 0.349 e. The van der Waals surface area contributed by atoms with Crippen LogP contribution in [0.5, 0.6) is 0 Å². The number of sulfonamides is 2. The van der Waals surface area contributed by atoms with E-state index >= 15 is 0 Å². The summed E-state index contributed by atoms with van der Waals surface area (Å²) in [4.78, 5) is 11.8. The Kier molecular flexibility index (Phi) is 7.08. The van der Waals surface area contributed by atoms with Gasteiger partial charge in [0, 0.05) is 32.2 Å². The molecule has 0 aliphatic heterocycles. The maximum Gasteiger partial charge on any atom is 0.251 e. The molecule has 0 aliphatic rings. The molecule has 2 N–H and O–H groups in total. The molecule has 0 aliphatic carbocycles. The topological polar surface area (TPSA) is 113 Å². The smallest absolute Gasteiger partial charge is 0.251 e. The summed E-state index contributed by atoms with van der Waals surface area (Å²) in [5.74, 6) is -0.413. The molecule has 1 amide bonds. The minimum absolute atomic E-state index is 0.00241. The second-order valence-electron chi connectivity index (χ2n) is 5.01. The third-order valence-corrected chi connectivity index (χ3v) is 5.87. The van der Waals surface area contributed by atoms with Crippen molar-refractivity contribution in [3.63, 3.8) is 0 Å². The third kappa shape index (κ3) is 6.04. The van der Waals surface area contributed by atoms with Gasteiger partial charge in [-0.15, -0.1) is 6.58 Å². The molecule has 10 heteroatoms. The van der Waals surface area contributed by atoms with Crippen molar-refractivity contribution < 1.29 is 21.6 Å². The highest BCUT2D eigenvalue weighted by molar-refractivity contribution is 7.89. The van der Waals surface area contributed by atoms with Gasteiger partial charge in [0.25, 0.3) is 5.91 Å². The zero-order chi connectivity index (χ0) is 18.4. The Bertz CT molecular complexity index is 803. The lowest BCUT2D eigenvalue weighted by atomic mass is 10.2. The van der Waals surface area contributed by atoms with Gasteiger partial charge in [-0.1, -0.05) is 12.1 Å². The van der Waals surface area contributed by atoms with Crippen LogP contribution < -0.4 is 10.0 Å². The maximum atomic E-state index is 12.2. The predicted molar refractivity (Wildman–Crippen MR) is 91.6 cm³/mol. The van der Waals surface area contributed by atoms with Crippen molar-refractivity contribution >= 4 is 26.0 Å². The number of amides is 1. The van der Waals surface area contributed by atoms with E-state index in [1.54, 1.807) is 0 Å². The Balaban J connectivity index is 2.80. The van der Waals surface area contributed by atoms with Crippen LogP contribution in [0.25, 0.3) is 0 Å². The lowest BCUT2D eigenvalue weighted by Gasteiger charge is -2.14. The van der Waals surface area contributed by atoms with Gasteiger partial charge in [0.15, 0.2) is 0 Å². The Morgan fingerprint density at radius 2 is 1.96 bits per heavy atom. The molecule has 0 bridgehead atoms. The van der Waals surface area contributed by atoms with Crippen molar-refractivity contribution in [1.29, 1.82) is 0 Å². The molecule has 1 aromatic carbocycles. The molecule has 0 heterocycles. The minimum atomic E-state index is -3.85. The zero-order valence-corrected chi connectivity index (χ0v) is 15.2. The standard InChI is InChI=1S/C14H21N3O5S2/c1-4-8-15-14(18)12-6-5-7-13(11-12)24(21,22)16-9-10-17(2)23(3,19)20/h4-7,11,16H,1,8-10H2,2-3H3,(H,15,18). The van der Waals surface area contributed by atoms with Crippen molar-refractivity contribution in [1.82, 2.24) is 14.3 Å². The van der Waals surface area contributed by atoms with Crippen molar-refractivity contribution in [2.45, 2.75) is 4.90 Å². The Morgan fingerprint density at radius 1 is 1.29 bits per heavy atom. The Labute approximate surface area is 142 Å². The molecule has 1 rings (SSSR count). The quantitative estimate of drug-likeness (QED) is 0.579. The Hall–Kier alpha value is -1.75. The molecule has 0 unspecified atom stereocenters. The first-order valence-corrected chi connectivity index (χ1v) is 10.3. The van der Waals surface area contributed by atoms with E-state index in [4.69, 9.17) is 0 Å². The second kappa shape index (κ2) is 8.38. The van der Waals surface area contributed by atoms with Gasteiger partial charge in [-0.05, 0) is 18.2 Å². The lowest BCUT2D eigenvalue weighted by molar-refractivity contribution is 0.0958. The van der Waals surface area contributed by atoms with Gasteiger partial charge in [-0.25, -0.2) is 25.9 Å². The zero-order valence-electron chi connectivity index (χ0n) is 13.5. The summed E-state index contributed by atoms with van der Waals surface area (Å²) >= 11 is 0. The monoisotopic (exact) mass is 375 g/mol. The lowest BCUT2D eigenvalue weighted by Crippen LogP contribution is -2.35. The van der Waals surface area contributed by atoms with E-state index in [9.17, 15) is 21.6 Å². The van der Waals surface area contributed by atoms with Crippen molar-refractivity contribution in [3.05, 3.63) is 42.5 Å². The van der Waals surface area contributed by atoms with Crippen LogP contribution in [0.3, 0.4) is 0 Å². The fraction of sp³-hybridized carbons (Fsp3) is 0.357. The second-order valence-corrected chi connectivity index (χ2v) is 8.87. The maximum absolute atomic E-state index is 12.2. The van der Waals surface area contributed by atoms with Gasteiger partial charge < -0.3 is 5.32 Å². The van der Waals surface area contributed by atoms with E-state index in [-0.39, 0.29) is 30.1 Å². The molecule has 8 nitrogen and oxygen atoms in total. The van der Waals surface area contributed by atoms with E-state index in [0.717, 1.165) is 10.6 Å². The number of nitrogens with one attached hydrogen (secondary N) is 2. The van der Waals surface area contributed by atoms with E-state index < -0.39 is 26.0 Å². The molecular weight excluding hydrogens is 354 g/mol. The van der Waals surface area contributed by atoms with Crippen LogP contribution >= 0.6 is 0 Å². The first-order chi connectivity index (χ1) is 11.1. The minimum Gasteiger partial charge on any atom is -0.349 e. The molecule has 0 atom stereocenters. The van der Waals surface area contributed by atoms with E-state index in [0.29, 0.717) is 0 Å². The SMILES string of the molecule is C=CCNC(=O)c1cccc(S(=O)(=O)NCCN(C)S(C)(=O)=O)c1. The number of rotatable bonds is 9. The first-order valence-electron chi connectivity index (χ1n) is 6.98. The van der Waals surface area contributed by atoms with Crippen LogP contribution in [-0.2, 0) is 20.0 Å². The van der Waals surface area contributed by atoms with Gasteiger partial charge in [-0.3, -0.25) is 4.79 Å². The Morgan fingerprint density at radius 3 is 2.54 bits per heavy atom. The number of hydrogen-bond donors (Lipinski definition) is 2. The molecule has 0 saturated heterocycles. The summed E-state index contributed by atoms with van der Waals surface area (Å²) in [5, 5.41) is 2.56. The van der Waals surface area contributed by atoms with Crippen LogP contribution in [0.15, 0.2) is 41.8 Å². The molecule has 24 heavy (non-hydrogen) atoms. The molecular formula is C14H21N3O5S2. The summed E-state index contributed by atoms with van der Waals surface area (Å²) < 4.78 is 50.3. The molecule has 0 radical (unpaired) electrons. The van der Waals surface area contributed by atoms with Crippen molar-refractivity contribution in [2.75, 3.05) is 32.9 Å². The summed E-state index contributed by atoms with van der Waals surface area (Å²) in [6.45, 7) is 3.66. The van der Waals surface area contributed by atoms with Crippen LogP contribution in [0, 0.1) is 0 Å². The summed E-state index contributed by atoms with van der Waals surface area (Å²) in [6, 6.07) is 5.56. The number of carbonyl (C=O) groups is 1.